The van der Waals surface area contributed by atoms with Crippen molar-refractivity contribution in [3.8, 4) is 5.69 Å². The summed E-state index contributed by atoms with van der Waals surface area (Å²) in [6, 6.07) is 6.64. The van der Waals surface area contributed by atoms with E-state index >= 15 is 0 Å². The number of nitrogens with zero attached hydrogens (tertiary/aromatic N) is 3. The fourth-order valence-corrected chi connectivity index (χ4v) is 2.82. The Morgan fingerprint density at radius 2 is 2.15 bits per heavy atom. The van der Waals surface area contributed by atoms with Crippen LogP contribution in [0.4, 0.5) is 4.39 Å². The van der Waals surface area contributed by atoms with Crippen LogP contribution in [-0.4, -0.2) is 14.5 Å². The molecule has 102 valence electrons. The second-order valence-corrected chi connectivity index (χ2v) is 5.87. The van der Waals surface area contributed by atoms with Crippen molar-refractivity contribution >= 4 is 38.6 Å². The van der Waals surface area contributed by atoms with Gasteiger partial charge >= 0.3 is 0 Å². The average Bonchev–Trinajstić information content (AvgIpc) is 2.78. The number of benzene rings is 1. The summed E-state index contributed by atoms with van der Waals surface area (Å²) in [7, 11) is 0. The second-order valence-electron chi connectivity index (χ2n) is 4.36. The van der Waals surface area contributed by atoms with Crippen LogP contribution in [0.3, 0.4) is 0 Å². The molecule has 3 nitrogen and oxygen atoms in total. The number of hydrogen-bond donors (Lipinski definition) is 0. The third-order valence-corrected chi connectivity index (χ3v) is 3.83. The smallest absolute Gasteiger partial charge is 0.148 e. The van der Waals surface area contributed by atoms with Crippen molar-refractivity contribution in [1.29, 1.82) is 0 Å². The van der Waals surface area contributed by atoms with Gasteiger partial charge in [0.25, 0.3) is 0 Å². The Bertz CT molecular complexity index is 765. The Labute approximate surface area is 128 Å². The van der Waals surface area contributed by atoms with Crippen LogP contribution < -0.4 is 0 Å². The molecule has 1 atom stereocenters. The lowest BCUT2D eigenvalue weighted by atomic mass is 10.2. The van der Waals surface area contributed by atoms with Gasteiger partial charge in [0, 0.05) is 10.7 Å². The number of pyridine rings is 1. The largest absolute Gasteiger partial charge is 0.291 e. The van der Waals surface area contributed by atoms with Gasteiger partial charge in [0.15, 0.2) is 0 Å². The van der Waals surface area contributed by atoms with Crippen LogP contribution in [0.1, 0.15) is 18.1 Å². The zero-order valence-corrected chi connectivity index (χ0v) is 12.9. The Hall–Kier alpha value is -1.46. The highest BCUT2D eigenvalue weighted by Crippen LogP contribution is 2.32. The summed E-state index contributed by atoms with van der Waals surface area (Å²) in [6.07, 6.45) is 3.29. The third kappa shape index (κ3) is 2.11. The van der Waals surface area contributed by atoms with Gasteiger partial charge in [-0.2, -0.15) is 0 Å². The van der Waals surface area contributed by atoms with Gasteiger partial charge in [-0.25, -0.2) is 9.37 Å². The summed E-state index contributed by atoms with van der Waals surface area (Å²) < 4.78 is 16.6. The Morgan fingerprint density at radius 1 is 1.35 bits per heavy atom. The molecule has 2 aromatic heterocycles. The third-order valence-electron chi connectivity index (χ3n) is 3.00. The molecule has 6 heteroatoms. The van der Waals surface area contributed by atoms with Crippen LogP contribution in [0.2, 0.25) is 0 Å². The minimum absolute atomic E-state index is 0.339. The number of rotatable bonds is 2. The average molecular weight is 355 g/mol. The molecule has 0 amide bonds. The van der Waals surface area contributed by atoms with Gasteiger partial charge in [-0.3, -0.25) is 9.55 Å². The van der Waals surface area contributed by atoms with Gasteiger partial charge < -0.3 is 0 Å². The normalized spacial score (nSPS) is 12.8. The Kier molecular flexibility index (Phi) is 3.48. The predicted molar refractivity (Wildman–Crippen MR) is 80.8 cm³/mol. The maximum atomic E-state index is 14.2. The maximum absolute atomic E-state index is 14.2. The van der Waals surface area contributed by atoms with Crippen molar-refractivity contribution < 1.29 is 4.39 Å². The van der Waals surface area contributed by atoms with Crippen LogP contribution >= 0.6 is 27.5 Å². The molecule has 1 unspecified atom stereocenters. The summed E-state index contributed by atoms with van der Waals surface area (Å²) in [5, 5.41) is -0.353. The summed E-state index contributed by atoms with van der Waals surface area (Å²) in [6.45, 7) is 1.81. The first-order valence-corrected chi connectivity index (χ1v) is 7.23. The number of imidazole rings is 1. The monoisotopic (exact) mass is 353 g/mol. The molecule has 1 aromatic carbocycles. The quantitative estimate of drug-likeness (QED) is 0.629. The first-order chi connectivity index (χ1) is 9.59. The molecule has 2 heterocycles. The minimum atomic E-state index is -0.353. The van der Waals surface area contributed by atoms with E-state index in [1.54, 1.807) is 42.1 Å². The lowest BCUT2D eigenvalue weighted by Gasteiger charge is -2.13. The molecule has 0 aliphatic rings. The number of para-hydroxylation sites is 1. The van der Waals surface area contributed by atoms with Gasteiger partial charge in [-0.15, -0.1) is 11.6 Å². The fraction of sp³-hybridized carbons (Fsp3) is 0.143. The van der Waals surface area contributed by atoms with Crippen molar-refractivity contribution in [2.45, 2.75) is 12.3 Å². The van der Waals surface area contributed by atoms with Crippen molar-refractivity contribution in [3.63, 3.8) is 0 Å². The van der Waals surface area contributed by atoms with Crippen molar-refractivity contribution in [2.24, 2.45) is 0 Å². The van der Waals surface area contributed by atoms with E-state index in [9.17, 15) is 4.39 Å². The molecule has 20 heavy (non-hydrogen) atoms. The van der Waals surface area contributed by atoms with Gasteiger partial charge in [0.05, 0.1) is 22.8 Å². The summed E-state index contributed by atoms with van der Waals surface area (Å²) >= 11 is 9.58. The van der Waals surface area contributed by atoms with Gasteiger partial charge in [-0.1, -0.05) is 6.07 Å². The molecule has 0 N–H and O–H groups in total. The lowest BCUT2D eigenvalue weighted by molar-refractivity contribution is 0.615. The Balaban J connectivity index is 2.43. The van der Waals surface area contributed by atoms with Gasteiger partial charge in [0.1, 0.15) is 17.2 Å². The van der Waals surface area contributed by atoms with Crippen LogP contribution in [0.25, 0.3) is 16.7 Å². The highest BCUT2D eigenvalue weighted by molar-refractivity contribution is 9.10. The van der Waals surface area contributed by atoms with E-state index in [0.29, 0.717) is 21.5 Å². The van der Waals surface area contributed by atoms with Gasteiger partial charge in [0.2, 0.25) is 0 Å². The zero-order chi connectivity index (χ0) is 14.3. The summed E-state index contributed by atoms with van der Waals surface area (Å²) in [5.41, 5.74) is 1.86. The fourth-order valence-electron chi connectivity index (χ4n) is 2.16. The molecule has 0 spiro atoms. The van der Waals surface area contributed by atoms with Crippen molar-refractivity contribution in [1.82, 2.24) is 14.5 Å². The number of alkyl halides is 1. The highest BCUT2D eigenvalue weighted by atomic mass is 79.9. The van der Waals surface area contributed by atoms with Gasteiger partial charge in [-0.05, 0) is 41.1 Å². The van der Waals surface area contributed by atoms with E-state index in [1.165, 1.54) is 6.07 Å². The molecule has 0 fully saturated rings. The second kappa shape index (κ2) is 5.14. The number of aromatic nitrogens is 3. The summed E-state index contributed by atoms with van der Waals surface area (Å²) in [4.78, 5) is 8.49. The topological polar surface area (TPSA) is 30.7 Å². The van der Waals surface area contributed by atoms with Crippen LogP contribution in [0.5, 0.6) is 0 Å². The predicted octanol–water partition coefficient (Wildman–Crippen LogP) is 4.62. The Morgan fingerprint density at radius 3 is 2.85 bits per heavy atom. The van der Waals surface area contributed by atoms with Crippen LogP contribution in [0.15, 0.2) is 41.1 Å². The molecular weight excluding hydrogens is 345 g/mol. The molecule has 3 rings (SSSR count). The first-order valence-electron chi connectivity index (χ1n) is 6.00. The molecule has 0 radical (unpaired) electrons. The van der Waals surface area contributed by atoms with E-state index in [2.05, 4.69) is 25.9 Å². The number of fused-ring (bicyclic) bond motifs is 1. The van der Waals surface area contributed by atoms with E-state index in [4.69, 9.17) is 11.6 Å². The highest BCUT2D eigenvalue weighted by Gasteiger charge is 2.20. The molecule has 0 aliphatic carbocycles. The zero-order valence-electron chi connectivity index (χ0n) is 10.5. The van der Waals surface area contributed by atoms with E-state index in [0.717, 1.165) is 5.52 Å². The maximum Gasteiger partial charge on any atom is 0.148 e. The van der Waals surface area contributed by atoms with Crippen molar-refractivity contribution in [2.75, 3.05) is 0 Å². The van der Waals surface area contributed by atoms with E-state index in [1.807, 2.05) is 0 Å². The molecule has 0 aliphatic heterocycles. The molecule has 0 saturated carbocycles. The van der Waals surface area contributed by atoms with Crippen LogP contribution in [-0.2, 0) is 0 Å². The SMILES string of the molecule is CC(Cl)c1nc2cnccc2n1-c1c(F)cccc1Br. The standard InChI is InChI=1S/C14H10BrClFN3/c1-8(16)14-19-11-7-18-6-5-12(11)20(14)13-9(15)3-2-4-10(13)17/h2-8H,1H3. The molecule has 0 saturated heterocycles. The van der Waals surface area contributed by atoms with Crippen LogP contribution in [0, 0.1) is 5.82 Å². The lowest BCUT2D eigenvalue weighted by Crippen LogP contribution is -2.05. The first kappa shape index (κ1) is 13.5. The van der Waals surface area contributed by atoms with Crippen molar-refractivity contribution in [3.05, 3.63) is 52.8 Å². The van der Waals surface area contributed by atoms with E-state index < -0.39 is 0 Å². The number of hydrogen-bond acceptors (Lipinski definition) is 2. The number of halogens is 3. The minimum Gasteiger partial charge on any atom is -0.291 e. The molecular formula is C14H10BrClFN3. The molecule has 3 aromatic rings. The molecule has 0 bridgehead atoms. The van der Waals surface area contributed by atoms with E-state index in [-0.39, 0.29) is 11.2 Å². The summed E-state index contributed by atoms with van der Waals surface area (Å²) in [5.74, 6) is 0.245.